The second-order valence-electron chi connectivity index (χ2n) is 3.98. The number of aromatic nitrogens is 2. The van der Waals surface area contributed by atoms with Crippen molar-refractivity contribution in [1.82, 2.24) is 15.3 Å². The third-order valence-electron chi connectivity index (χ3n) is 2.66. The summed E-state index contributed by atoms with van der Waals surface area (Å²) in [6, 6.07) is 1.42. The van der Waals surface area contributed by atoms with Crippen molar-refractivity contribution in [3.8, 4) is 0 Å². The Morgan fingerprint density at radius 3 is 3.12 bits per heavy atom. The smallest absolute Gasteiger partial charge is 0.242 e. The van der Waals surface area contributed by atoms with E-state index in [2.05, 4.69) is 20.6 Å². The second kappa shape index (κ2) is 5.31. The van der Waals surface area contributed by atoms with Gasteiger partial charge in [0.15, 0.2) is 0 Å². The molecule has 1 saturated heterocycles. The number of amides is 1. The maximum atomic E-state index is 11.6. The number of anilines is 1. The van der Waals surface area contributed by atoms with Gasteiger partial charge < -0.3 is 10.6 Å². The van der Waals surface area contributed by atoms with E-state index in [4.69, 9.17) is 11.6 Å². The number of rotatable bonds is 3. The molecule has 1 aliphatic rings. The lowest BCUT2D eigenvalue weighted by Crippen LogP contribution is -2.44. The fourth-order valence-corrected chi connectivity index (χ4v) is 1.99. The van der Waals surface area contributed by atoms with E-state index in [1.807, 2.05) is 6.92 Å². The highest BCUT2D eigenvalue weighted by Gasteiger charge is 2.22. The zero-order valence-corrected chi connectivity index (χ0v) is 10.4. The maximum Gasteiger partial charge on any atom is 0.242 e. The summed E-state index contributed by atoms with van der Waals surface area (Å²) in [7, 11) is 0. The van der Waals surface area contributed by atoms with Crippen molar-refractivity contribution in [1.29, 1.82) is 0 Å². The average molecular weight is 255 g/mol. The fourth-order valence-electron chi connectivity index (χ4n) is 1.79. The van der Waals surface area contributed by atoms with Crippen LogP contribution < -0.4 is 10.6 Å². The molecule has 0 bridgehead atoms. The topological polar surface area (TPSA) is 66.9 Å². The van der Waals surface area contributed by atoms with Crippen LogP contribution >= 0.6 is 11.6 Å². The van der Waals surface area contributed by atoms with E-state index < -0.39 is 0 Å². The van der Waals surface area contributed by atoms with E-state index >= 15 is 0 Å². The largest absolute Gasteiger partial charge is 0.358 e. The van der Waals surface area contributed by atoms with Crippen LogP contribution in [-0.4, -0.2) is 28.5 Å². The van der Waals surface area contributed by atoms with Crippen LogP contribution in [0.1, 0.15) is 25.6 Å². The Hall–Kier alpha value is -1.36. The molecule has 1 atom stereocenters. The first kappa shape index (κ1) is 12.1. The minimum absolute atomic E-state index is 0.0176. The lowest BCUT2D eigenvalue weighted by Gasteiger charge is -2.23. The summed E-state index contributed by atoms with van der Waals surface area (Å²) in [6.45, 7) is 2.71. The van der Waals surface area contributed by atoms with Crippen LogP contribution in [0.15, 0.2) is 6.07 Å². The molecule has 1 aromatic heterocycles. The van der Waals surface area contributed by atoms with E-state index in [1.54, 1.807) is 6.07 Å². The SMILES string of the molecule is CCc1nc(Cl)cc(NC2CCCNC2=O)n1. The first-order valence-corrected chi connectivity index (χ1v) is 6.14. The fraction of sp³-hybridized carbons (Fsp3) is 0.545. The van der Waals surface area contributed by atoms with E-state index in [0.29, 0.717) is 23.2 Å². The van der Waals surface area contributed by atoms with Crippen molar-refractivity contribution in [2.45, 2.75) is 32.2 Å². The van der Waals surface area contributed by atoms with Crippen molar-refractivity contribution < 1.29 is 4.79 Å². The number of nitrogens with one attached hydrogen (secondary N) is 2. The highest BCUT2D eigenvalue weighted by Crippen LogP contribution is 2.15. The van der Waals surface area contributed by atoms with Gasteiger partial charge in [-0.15, -0.1) is 0 Å². The molecule has 2 N–H and O–H groups in total. The second-order valence-corrected chi connectivity index (χ2v) is 4.36. The van der Waals surface area contributed by atoms with Gasteiger partial charge in [0, 0.05) is 19.0 Å². The molecule has 1 fully saturated rings. The summed E-state index contributed by atoms with van der Waals surface area (Å²) in [5, 5.41) is 6.31. The number of carbonyl (C=O) groups excluding carboxylic acids is 1. The van der Waals surface area contributed by atoms with Crippen molar-refractivity contribution in [3.63, 3.8) is 0 Å². The van der Waals surface area contributed by atoms with Crippen LogP contribution in [0.4, 0.5) is 5.82 Å². The zero-order chi connectivity index (χ0) is 12.3. The first-order chi connectivity index (χ1) is 8.19. The Kier molecular flexibility index (Phi) is 3.78. The van der Waals surface area contributed by atoms with Crippen molar-refractivity contribution >= 4 is 23.3 Å². The molecule has 0 spiro atoms. The molecule has 1 aromatic rings. The van der Waals surface area contributed by atoms with Crippen LogP contribution in [0.25, 0.3) is 0 Å². The molecule has 0 saturated carbocycles. The lowest BCUT2D eigenvalue weighted by molar-refractivity contribution is -0.123. The molecule has 0 radical (unpaired) electrons. The normalized spacial score (nSPS) is 19.9. The Bertz CT molecular complexity index is 424. The van der Waals surface area contributed by atoms with Crippen LogP contribution in [0, 0.1) is 0 Å². The standard InChI is InChI=1S/C11H15ClN4O/c1-2-9-15-8(12)6-10(16-9)14-7-4-3-5-13-11(7)17/h6-7H,2-5H2,1H3,(H,13,17)(H,14,15,16). The van der Waals surface area contributed by atoms with Gasteiger partial charge in [-0.3, -0.25) is 4.79 Å². The van der Waals surface area contributed by atoms with E-state index in [-0.39, 0.29) is 11.9 Å². The molecule has 1 unspecified atom stereocenters. The van der Waals surface area contributed by atoms with Gasteiger partial charge in [0.2, 0.25) is 5.91 Å². The summed E-state index contributed by atoms with van der Waals surface area (Å²) in [4.78, 5) is 20.0. The Morgan fingerprint density at radius 1 is 1.59 bits per heavy atom. The third kappa shape index (κ3) is 3.06. The molecule has 2 rings (SSSR count). The molecule has 1 amide bonds. The molecular weight excluding hydrogens is 240 g/mol. The third-order valence-corrected chi connectivity index (χ3v) is 2.86. The predicted octanol–water partition coefficient (Wildman–Crippen LogP) is 1.38. The molecule has 17 heavy (non-hydrogen) atoms. The average Bonchev–Trinajstić information content (AvgIpc) is 2.31. The van der Waals surface area contributed by atoms with Gasteiger partial charge >= 0.3 is 0 Å². The number of piperidine rings is 1. The van der Waals surface area contributed by atoms with Gasteiger partial charge in [0.25, 0.3) is 0 Å². The number of carbonyl (C=O) groups is 1. The minimum atomic E-state index is -0.223. The molecule has 5 nitrogen and oxygen atoms in total. The molecule has 6 heteroatoms. The van der Waals surface area contributed by atoms with Gasteiger partial charge in [0.1, 0.15) is 22.8 Å². The summed E-state index contributed by atoms with van der Waals surface area (Å²) in [5.41, 5.74) is 0. The van der Waals surface area contributed by atoms with Crippen molar-refractivity contribution in [2.75, 3.05) is 11.9 Å². The number of halogens is 1. The predicted molar refractivity (Wildman–Crippen MR) is 66.1 cm³/mol. The van der Waals surface area contributed by atoms with Crippen molar-refractivity contribution in [2.24, 2.45) is 0 Å². The van der Waals surface area contributed by atoms with Gasteiger partial charge in [0.05, 0.1) is 0 Å². The van der Waals surface area contributed by atoms with Crippen LogP contribution in [0.5, 0.6) is 0 Å². The molecule has 92 valence electrons. The molecule has 1 aliphatic heterocycles. The molecule has 0 aromatic carbocycles. The molecular formula is C11H15ClN4O. The molecule has 0 aliphatic carbocycles. The first-order valence-electron chi connectivity index (χ1n) is 5.76. The Labute approximate surface area is 105 Å². The highest BCUT2D eigenvalue weighted by atomic mass is 35.5. The quantitative estimate of drug-likeness (QED) is 0.800. The van der Waals surface area contributed by atoms with Crippen LogP contribution in [-0.2, 0) is 11.2 Å². The Balaban J connectivity index is 2.11. The lowest BCUT2D eigenvalue weighted by atomic mass is 10.1. The van der Waals surface area contributed by atoms with Crippen LogP contribution in [0.3, 0.4) is 0 Å². The van der Waals surface area contributed by atoms with E-state index in [0.717, 1.165) is 19.4 Å². The number of hydrogen-bond donors (Lipinski definition) is 2. The zero-order valence-electron chi connectivity index (χ0n) is 9.66. The van der Waals surface area contributed by atoms with Gasteiger partial charge in [-0.1, -0.05) is 18.5 Å². The summed E-state index contributed by atoms with van der Waals surface area (Å²) in [5.74, 6) is 1.31. The summed E-state index contributed by atoms with van der Waals surface area (Å²) >= 11 is 5.89. The monoisotopic (exact) mass is 254 g/mol. The maximum absolute atomic E-state index is 11.6. The van der Waals surface area contributed by atoms with Gasteiger partial charge in [-0.2, -0.15) is 0 Å². The van der Waals surface area contributed by atoms with E-state index in [9.17, 15) is 4.79 Å². The van der Waals surface area contributed by atoms with E-state index in [1.165, 1.54) is 0 Å². The summed E-state index contributed by atoms with van der Waals surface area (Å²) < 4.78 is 0. The number of nitrogens with zero attached hydrogens (tertiary/aromatic N) is 2. The number of aryl methyl sites for hydroxylation is 1. The minimum Gasteiger partial charge on any atom is -0.358 e. The van der Waals surface area contributed by atoms with Gasteiger partial charge in [-0.05, 0) is 12.8 Å². The van der Waals surface area contributed by atoms with Crippen LogP contribution in [0.2, 0.25) is 5.15 Å². The number of hydrogen-bond acceptors (Lipinski definition) is 4. The van der Waals surface area contributed by atoms with Crippen molar-refractivity contribution in [3.05, 3.63) is 17.0 Å². The van der Waals surface area contributed by atoms with Gasteiger partial charge in [-0.25, -0.2) is 9.97 Å². The Morgan fingerprint density at radius 2 is 2.41 bits per heavy atom. The summed E-state index contributed by atoms with van der Waals surface area (Å²) in [6.07, 6.45) is 2.50. The highest BCUT2D eigenvalue weighted by molar-refractivity contribution is 6.29. The molecule has 2 heterocycles.